The average molecular weight is 140 g/mol. The molecule has 0 atom stereocenters. The number of fused-ring (bicyclic) bond motifs is 1. The van der Waals surface area contributed by atoms with Gasteiger partial charge < -0.3 is 0 Å². The molecule has 2 aromatic rings. The smallest absolute Gasteiger partial charge is 0.164 e. The minimum Gasteiger partial charge on any atom is -0.259 e. The van der Waals surface area contributed by atoms with Crippen LogP contribution in [0.5, 0.6) is 0 Å². The number of aromatic amines is 1. The molecule has 0 saturated carbocycles. The van der Waals surface area contributed by atoms with Crippen LogP contribution in [0.4, 0.5) is 0 Å². The molecule has 9 heavy (non-hydrogen) atoms. The Labute approximate surface area is 56.3 Å². The van der Waals surface area contributed by atoms with Gasteiger partial charge in [-0.1, -0.05) is 0 Å². The van der Waals surface area contributed by atoms with Crippen molar-refractivity contribution in [1.82, 2.24) is 19.8 Å². The zero-order valence-electron chi connectivity index (χ0n) is 4.44. The molecular weight excluding hydrogens is 136 g/mol. The summed E-state index contributed by atoms with van der Waals surface area (Å²) in [4.78, 5) is 0.813. The maximum absolute atomic E-state index is 4.11. The van der Waals surface area contributed by atoms with Crippen molar-refractivity contribution >= 4 is 18.3 Å². The number of aromatic nitrogens is 4. The first-order chi connectivity index (χ1) is 4.38. The van der Waals surface area contributed by atoms with Crippen molar-refractivity contribution in [2.24, 2.45) is 0 Å². The molecule has 0 aliphatic rings. The molecule has 0 saturated heterocycles. The maximum atomic E-state index is 4.11. The van der Waals surface area contributed by atoms with E-state index in [0.717, 1.165) is 10.5 Å². The molecule has 0 unspecified atom stereocenters. The molecule has 0 fully saturated rings. The first kappa shape index (κ1) is 4.87. The lowest BCUT2D eigenvalue weighted by atomic mass is 10.7. The number of hydrogen-bond acceptors (Lipinski definition) is 3. The van der Waals surface area contributed by atoms with E-state index in [9.17, 15) is 0 Å². The Morgan fingerprint density at radius 1 is 1.67 bits per heavy atom. The molecule has 0 aliphatic carbocycles. The normalized spacial score (nSPS) is 10.8. The Hall–Kier alpha value is -0.970. The third-order valence-electron chi connectivity index (χ3n) is 1.11. The van der Waals surface area contributed by atoms with E-state index in [-0.39, 0.29) is 0 Å². The zero-order chi connectivity index (χ0) is 6.27. The number of hydrogen-bond donors (Lipinski definition) is 2. The molecule has 0 aromatic carbocycles. The van der Waals surface area contributed by atoms with Crippen LogP contribution in [-0.2, 0) is 0 Å². The van der Waals surface area contributed by atoms with E-state index in [2.05, 4.69) is 27.9 Å². The van der Waals surface area contributed by atoms with Gasteiger partial charge in [-0.15, -0.1) is 12.6 Å². The predicted octanol–water partition coefficient (Wildman–Crippen LogP) is 0.346. The topological polar surface area (TPSA) is 46.0 Å². The van der Waals surface area contributed by atoms with Gasteiger partial charge in [0.05, 0.1) is 11.1 Å². The second-order valence-electron chi connectivity index (χ2n) is 1.68. The molecule has 1 N–H and O–H groups in total. The van der Waals surface area contributed by atoms with Crippen molar-refractivity contribution in [3.05, 3.63) is 12.5 Å². The highest BCUT2D eigenvalue weighted by Crippen LogP contribution is 2.09. The van der Waals surface area contributed by atoms with Crippen LogP contribution in [0.3, 0.4) is 0 Å². The maximum Gasteiger partial charge on any atom is 0.164 e. The van der Waals surface area contributed by atoms with Crippen LogP contribution in [0.1, 0.15) is 0 Å². The van der Waals surface area contributed by atoms with Gasteiger partial charge in [0.25, 0.3) is 0 Å². The summed E-state index contributed by atoms with van der Waals surface area (Å²) in [5.41, 5.74) is 0.832. The second-order valence-corrected chi connectivity index (χ2v) is 2.16. The van der Waals surface area contributed by atoms with Crippen LogP contribution in [-0.4, -0.2) is 19.8 Å². The minimum absolute atomic E-state index is 0.813. The molecule has 0 aliphatic heterocycles. The molecule has 2 aromatic heterocycles. The number of nitrogens with zero attached hydrogens (tertiary/aromatic N) is 3. The molecule has 4 nitrogen and oxygen atoms in total. The fraction of sp³-hybridized carbons (Fsp3) is 0. The lowest BCUT2D eigenvalue weighted by molar-refractivity contribution is 0.954. The van der Waals surface area contributed by atoms with Gasteiger partial charge in [0.1, 0.15) is 6.33 Å². The number of H-pyrrole nitrogens is 1. The van der Waals surface area contributed by atoms with Crippen LogP contribution < -0.4 is 0 Å². The molecule has 0 bridgehead atoms. The van der Waals surface area contributed by atoms with Crippen molar-refractivity contribution in [2.45, 2.75) is 4.90 Å². The number of thiol groups is 1. The molecular formula is C4H4N4S. The standard InChI is InChI=1S/C4H4N4S/c9-3-1-6-8-2-5-7-4(3)8/h1-2,7,9H. The first-order valence-electron chi connectivity index (χ1n) is 2.43. The van der Waals surface area contributed by atoms with Crippen molar-refractivity contribution in [3.63, 3.8) is 0 Å². The van der Waals surface area contributed by atoms with Gasteiger partial charge in [0.2, 0.25) is 0 Å². The molecule has 46 valence electrons. The van der Waals surface area contributed by atoms with Gasteiger partial charge in [-0.25, -0.2) is 4.52 Å². The lowest BCUT2D eigenvalue weighted by Gasteiger charge is -1.75. The van der Waals surface area contributed by atoms with Gasteiger partial charge in [0.15, 0.2) is 5.65 Å². The average Bonchev–Trinajstić information content (AvgIpc) is 2.35. The molecule has 0 radical (unpaired) electrons. The number of rotatable bonds is 0. The highest BCUT2D eigenvalue weighted by molar-refractivity contribution is 7.80. The summed E-state index contributed by atoms with van der Waals surface area (Å²) in [7, 11) is 0. The van der Waals surface area contributed by atoms with E-state index in [0.29, 0.717) is 0 Å². The van der Waals surface area contributed by atoms with E-state index < -0.39 is 0 Å². The van der Waals surface area contributed by atoms with Crippen LogP contribution in [0.15, 0.2) is 17.4 Å². The van der Waals surface area contributed by atoms with E-state index in [1.807, 2.05) is 0 Å². The molecule has 2 rings (SSSR count). The minimum atomic E-state index is 0.813. The van der Waals surface area contributed by atoms with E-state index in [1.54, 1.807) is 17.0 Å². The van der Waals surface area contributed by atoms with E-state index >= 15 is 0 Å². The van der Waals surface area contributed by atoms with E-state index in [1.165, 1.54) is 0 Å². The lowest BCUT2D eigenvalue weighted by Crippen LogP contribution is -1.75. The van der Waals surface area contributed by atoms with Crippen LogP contribution in [0, 0.1) is 0 Å². The third-order valence-corrected chi connectivity index (χ3v) is 1.44. The Bertz CT molecular complexity index is 322. The largest absolute Gasteiger partial charge is 0.259 e. The molecule has 0 spiro atoms. The summed E-state index contributed by atoms with van der Waals surface area (Å²) in [5, 5.41) is 10.4. The Balaban J connectivity index is 2.99. The predicted molar refractivity (Wildman–Crippen MR) is 34.6 cm³/mol. The van der Waals surface area contributed by atoms with Gasteiger partial charge in [-0.3, -0.25) is 5.10 Å². The number of nitrogens with one attached hydrogen (secondary N) is 1. The SMILES string of the molecule is Sc1cnn2cn[nH]c12. The fourth-order valence-electron chi connectivity index (χ4n) is 0.694. The van der Waals surface area contributed by atoms with Gasteiger partial charge >= 0.3 is 0 Å². The fourth-order valence-corrected chi connectivity index (χ4v) is 0.898. The summed E-state index contributed by atoms with van der Waals surface area (Å²) in [6.07, 6.45) is 3.26. The Morgan fingerprint density at radius 3 is 3.33 bits per heavy atom. The first-order valence-corrected chi connectivity index (χ1v) is 2.88. The summed E-state index contributed by atoms with van der Waals surface area (Å²) in [5.74, 6) is 0. The molecule has 5 heteroatoms. The van der Waals surface area contributed by atoms with Crippen LogP contribution >= 0.6 is 12.6 Å². The quantitative estimate of drug-likeness (QED) is 0.518. The van der Waals surface area contributed by atoms with Crippen LogP contribution in [0.25, 0.3) is 5.65 Å². The van der Waals surface area contributed by atoms with E-state index in [4.69, 9.17) is 0 Å². The van der Waals surface area contributed by atoms with Crippen LogP contribution in [0.2, 0.25) is 0 Å². The van der Waals surface area contributed by atoms with Crippen molar-refractivity contribution in [1.29, 1.82) is 0 Å². The Kier molecular flexibility index (Phi) is 0.814. The van der Waals surface area contributed by atoms with Gasteiger partial charge in [0, 0.05) is 0 Å². The monoisotopic (exact) mass is 140 g/mol. The van der Waals surface area contributed by atoms with Gasteiger partial charge in [-0.2, -0.15) is 10.2 Å². The summed E-state index contributed by atoms with van der Waals surface area (Å²) in [6.45, 7) is 0. The van der Waals surface area contributed by atoms with Crippen molar-refractivity contribution < 1.29 is 0 Å². The van der Waals surface area contributed by atoms with Crippen molar-refractivity contribution in [3.8, 4) is 0 Å². The van der Waals surface area contributed by atoms with Crippen molar-refractivity contribution in [2.75, 3.05) is 0 Å². The highest BCUT2D eigenvalue weighted by atomic mass is 32.1. The molecule has 0 amide bonds. The zero-order valence-corrected chi connectivity index (χ0v) is 5.34. The Morgan fingerprint density at radius 2 is 2.56 bits per heavy atom. The second kappa shape index (κ2) is 1.51. The summed E-state index contributed by atoms with van der Waals surface area (Å²) in [6, 6.07) is 0. The molecule has 2 heterocycles. The summed E-state index contributed by atoms with van der Waals surface area (Å²) >= 11 is 4.11. The third kappa shape index (κ3) is 0.547. The summed E-state index contributed by atoms with van der Waals surface area (Å²) < 4.78 is 1.63. The van der Waals surface area contributed by atoms with Gasteiger partial charge in [-0.05, 0) is 0 Å². The highest BCUT2D eigenvalue weighted by Gasteiger charge is 1.98.